The summed E-state index contributed by atoms with van der Waals surface area (Å²) >= 11 is 0. The molecule has 4 nitrogen and oxygen atoms in total. The predicted molar refractivity (Wildman–Crippen MR) is 118 cm³/mol. The fraction of sp³-hybridized carbons (Fsp3) is 0.591. The number of esters is 1. The van der Waals surface area contributed by atoms with Crippen LogP contribution in [0.4, 0.5) is 0 Å². The van der Waals surface area contributed by atoms with Gasteiger partial charge in [0.1, 0.15) is 13.7 Å². The molecule has 1 aromatic carbocycles. The zero-order valence-corrected chi connectivity index (χ0v) is 19.9. The average molecular weight is 400 g/mol. The highest BCUT2D eigenvalue weighted by Gasteiger charge is 2.51. The molecule has 152 valence electrons. The normalized spacial score (nSPS) is 18.4. The van der Waals surface area contributed by atoms with Gasteiger partial charge in [-0.3, -0.25) is 0 Å². The van der Waals surface area contributed by atoms with Crippen LogP contribution in [0.15, 0.2) is 18.2 Å². The van der Waals surface area contributed by atoms with Crippen molar-refractivity contribution < 1.29 is 18.8 Å². The summed E-state index contributed by atoms with van der Waals surface area (Å²) in [6.45, 7) is 20.2. The van der Waals surface area contributed by atoms with E-state index in [9.17, 15) is 4.79 Å². The van der Waals surface area contributed by atoms with Crippen LogP contribution in [0.25, 0.3) is 0 Å². The van der Waals surface area contributed by atoms with Crippen molar-refractivity contribution in [3.8, 4) is 11.5 Å². The number of rotatable bonds is 2. The largest absolute Gasteiger partial charge is 0.494 e. The summed E-state index contributed by atoms with van der Waals surface area (Å²) in [5.74, 6) is 2.87. The van der Waals surface area contributed by atoms with Crippen molar-refractivity contribution in [3.63, 3.8) is 0 Å². The van der Waals surface area contributed by atoms with Crippen molar-refractivity contribution in [2.24, 2.45) is 0 Å². The highest BCUT2D eigenvalue weighted by Crippen LogP contribution is 2.36. The van der Waals surface area contributed by atoms with Gasteiger partial charge in [0.2, 0.25) is 0 Å². The van der Waals surface area contributed by atoms with Crippen LogP contribution in [0.3, 0.4) is 0 Å². The van der Waals surface area contributed by atoms with Gasteiger partial charge in [0.15, 0.2) is 0 Å². The van der Waals surface area contributed by atoms with Gasteiger partial charge >= 0.3 is 13.1 Å². The van der Waals surface area contributed by atoms with Gasteiger partial charge in [0, 0.05) is 5.56 Å². The van der Waals surface area contributed by atoms with Crippen LogP contribution in [0.1, 0.15) is 64.4 Å². The van der Waals surface area contributed by atoms with E-state index in [0.717, 1.165) is 11.0 Å². The summed E-state index contributed by atoms with van der Waals surface area (Å²) < 4.78 is 17.9. The minimum absolute atomic E-state index is 0.373. The molecular formula is C22H33BO4Si. The molecule has 0 aromatic heterocycles. The molecule has 1 aromatic rings. The molecule has 0 saturated carbocycles. The molecular weight excluding hydrogens is 367 g/mol. The predicted octanol–water partition coefficient (Wildman–Crippen LogP) is 4.17. The molecule has 1 saturated heterocycles. The molecule has 1 heterocycles. The van der Waals surface area contributed by atoms with Gasteiger partial charge in [-0.2, -0.15) is 0 Å². The zero-order valence-electron chi connectivity index (χ0n) is 18.9. The number of ether oxygens (including phenoxy) is 1. The Balaban J connectivity index is 2.49. The van der Waals surface area contributed by atoms with Crippen LogP contribution in [-0.2, 0) is 14.0 Å². The number of hydrogen-bond donors (Lipinski definition) is 0. The Bertz CT molecular complexity index is 804. The van der Waals surface area contributed by atoms with Gasteiger partial charge in [-0.05, 0) is 72.1 Å². The summed E-state index contributed by atoms with van der Waals surface area (Å²) in [5, 5.41) is 0. The van der Waals surface area contributed by atoms with E-state index in [1.165, 1.54) is 0 Å². The maximum Gasteiger partial charge on any atom is 0.494 e. The average Bonchev–Trinajstić information content (AvgIpc) is 2.71. The number of carbonyl (C=O) groups is 1. The van der Waals surface area contributed by atoms with E-state index in [1.807, 2.05) is 54.5 Å². The van der Waals surface area contributed by atoms with E-state index >= 15 is 0 Å². The van der Waals surface area contributed by atoms with Gasteiger partial charge in [-0.1, -0.05) is 25.6 Å². The smallest absolute Gasteiger partial charge is 0.456 e. The lowest BCUT2D eigenvalue weighted by Crippen LogP contribution is -2.41. The Morgan fingerprint density at radius 2 is 1.57 bits per heavy atom. The third-order valence-corrected chi connectivity index (χ3v) is 5.57. The van der Waals surface area contributed by atoms with E-state index in [4.69, 9.17) is 14.0 Å². The topological polar surface area (TPSA) is 44.8 Å². The fourth-order valence-electron chi connectivity index (χ4n) is 2.55. The molecule has 28 heavy (non-hydrogen) atoms. The lowest BCUT2D eigenvalue weighted by Gasteiger charge is -2.32. The standard InChI is InChI=1S/C22H33BO4Si/c1-20(2,3)25-19(24)17-13-16(11-12-28(8,9)10)14-18(15-17)23-26-21(4,5)22(6,7)27-23/h13-15H,1-10H3. The molecule has 1 aliphatic heterocycles. The van der Waals surface area contributed by atoms with Crippen LogP contribution in [0, 0.1) is 11.5 Å². The minimum atomic E-state index is -1.56. The Morgan fingerprint density at radius 3 is 2.04 bits per heavy atom. The first-order valence-corrected chi connectivity index (χ1v) is 13.3. The third-order valence-electron chi connectivity index (χ3n) is 4.70. The van der Waals surface area contributed by atoms with E-state index in [-0.39, 0.29) is 5.97 Å². The van der Waals surface area contributed by atoms with E-state index < -0.39 is 32.0 Å². The summed E-state index contributed by atoms with van der Waals surface area (Å²) in [6.07, 6.45) is 0. The molecule has 0 aliphatic carbocycles. The SMILES string of the molecule is CC(C)(C)OC(=O)c1cc(C#C[Si](C)(C)C)cc(B2OC(C)(C)C(C)(C)O2)c1. The molecule has 0 atom stereocenters. The van der Waals surface area contributed by atoms with Crippen LogP contribution >= 0.6 is 0 Å². The van der Waals surface area contributed by atoms with Gasteiger partial charge in [0.05, 0.1) is 16.8 Å². The second-order valence-electron chi connectivity index (χ2n) is 10.4. The maximum absolute atomic E-state index is 12.7. The summed E-state index contributed by atoms with van der Waals surface area (Å²) in [7, 11) is -2.11. The summed E-state index contributed by atoms with van der Waals surface area (Å²) in [4.78, 5) is 12.7. The highest BCUT2D eigenvalue weighted by molar-refractivity contribution is 6.83. The number of hydrogen-bond acceptors (Lipinski definition) is 4. The molecule has 0 spiro atoms. The van der Waals surface area contributed by atoms with Crippen LogP contribution in [0.2, 0.25) is 19.6 Å². The van der Waals surface area contributed by atoms with Gasteiger partial charge in [-0.25, -0.2) is 4.79 Å². The Hall–Kier alpha value is -1.55. The van der Waals surface area contributed by atoms with Crippen LogP contribution in [0.5, 0.6) is 0 Å². The van der Waals surface area contributed by atoms with Crippen molar-refractivity contribution in [1.29, 1.82) is 0 Å². The lowest BCUT2D eigenvalue weighted by molar-refractivity contribution is 0.00578. The molecule has 1 aliphatic rings. The van der Waals surface area contributed by atoms with Crippen molar-refractivity contribution in [1.82, 2.24) is 0 Å². The van der Waals surface area contributed by atoms with Crippen LogP contribution in [-0.4, -0.2) is 38.0 Å². The first-order valence-electron chi connectivity index (χ1n) is 9.76. The van der Waals surface area contributed by atoms with E-state index in [1.54, 1.807) is 12.1 Å². The molecule has 0 unspecified atom stereocenters. The molecule has 1 fully saturated rings. The zero-order chi connectivity index (χ0) is 21.5. The number of benzene rings is 1. The first kappa shape index (κ1) is 22.7. The van der Waals surface area contributed by atoms with Crippen molar-refractivity contribution in [3.05, 3.63) is 29.3 Å². The van der Waals surface area contributed by atoms with Crippen LogP contribution < -0.4 is 5.46 Å². The van der Waals surface area contributed by atoms with Crippen molar-refractivity contribution in [2.45, 2.75) is 84.9 Å². The number of carbonyl (C=O) groups excluding carboxylic acids is 1. The molecule has 0 amide bonds. The molecule has 0 N–H and O–H groups in total. The Kier molecular flexibility index (Phi) is 5.98. The molecule has 6 heteroatoms. The van der Waals surface area contributed by atoms with Gasteiger partial charge in [-0.15, -0.1) is 5.54 Å². The third kappa shape index (κ3) is 5.73. The highest BCUT2D eigenvalue weighted by atomic mass is 28.3. The Labute approximate surface area is 171 Å². The summed E-state index contributed by atoms with van der Waals surface area (Å²) in [5.41, 5.74) is 3.89. The minimum Gasteiger partial charge on any atom is -0.456 e. The Morgan fingerprint density at radius 1 is 1.04 bits per heavy atom. The maximum atomic E-state index is 12.7. The molecule has 0 radical (unpaired) electrons. The molecule has 2 rings (SSSR count). The van der Waals surface area contributed by atoms with Crippen molar-refractivity contribution in [2.75, 3.05) is 0 Å². The second kappa shape index (κ2) is 7.37. The van der Waals surface area contributed by atoms with Gasteiger partial charge < -0.3 is 14.0 Å². The van der Waals surface area contributed by atoms with Gasteiger partial charge in [0.25, 0.3) is 0 Å². The van der Waals surface area contributed by atoms with Crippen molar-refractivity contribution >= 4 is 26.6 Å². The first-order chi connectivity index (χ1) is 12.5. The lowest BCUT2D eigenvalue weighted by atomic mass is 9.77. The van der Waals surface area contributed by atoms with E-state index in [0.29, 0.717) is 5.56 Å². The summed E-state index contributed by atoms with van der Waals surface area (Å²) in [6, 6.07) is 5.52. The quantitative estimate of drug-likeness (QED) is 0.425. The monoisotopic (exact) mass is 400 g/mol. The molecule has 0 bridgehead atoms. The fourth-order valence-corrected chi connectivity index (χ4v) is 3.07. The van der Waals surface area contributed by atoms with E-state index in [2.05, 4.69) is 31.1 Å². The second-order valence-corrected chi connectivity index (χ2v) is 15.2.